The van der Waals surface area contributed by atoms with Gasteiger partial charge in [-0.25, -0.2) is 0 Å². The SMILES string of the molecule is CC(C)C(CNC(=O)C(F)(F)F)C(C)C. The molecule has 0 radical (unpaired) electrons. The Labute approximate surface area is 88.2 Å². The fourth-order valence-corrected chi connectivity index (χ4v) is 1.55. The summed E-state index contributed by atoms with van der Waals surface area (Å²) in [4.78, 5) is 10.6. The van der Waals surface area contributed by atoms with Crippen molar-refractivity contribution in [2.24, 2.45) is 17.8 Å². The molecule has 0 rings (SSSR count). The van der Waals surface area contributed by atoms with Crippen molar-refractivity contribution in [3.8, 4) is 0 Å². The first-order valence-electron chi connectivity index (χ1n) is 5.01. The fourth-order valence-electron chi connectivity index (χ4n) is 1.55. The molecule has 0 fully saturated rings. The predicted molar refractivity (Wildman–Crippen MR) is 52.2 cm³/mol. The van der Waals surface area contributed by atoms with Gasteiger partial charge >= 0.3 is 12.1 Å². The van der Waals surface area contributed by atoms with Crippen LogP contribution >= 0.6 is 0 Å². The number of carbonyl (C=O) groups is 1. The van der Waals surface area contributed by atoms with E-state index in [9.17, 15) is 18.0 Å². The molecule has 0 aromatic heterocycles. The number of hydrogen-bond acceptors (Lipinski definition) is 1. The molecule has 0 spiro atoms. The molecule has 0 aromatic carbocycles. The van der Waals surface area contributed by atoms with Crippen molar-refractivity contribution in [1.82, 2.24) is 5.32 Å². The van der Waals surface area contributed by atoms with E-state index in [0.717, 1.165) is 0 Å². The molecule has 0 saturated carbocycles. The van der Waals surface area contributed by atoms with Crippen molar-refractivity contribution in [1.29, 1.82) is 0 Å². The average Bonchev–Trinajstić information content (AvgIpc) is 2.00. The Hall–Kier alpha value is -0.740. The Morgan fingerprint density at radius 1 is 1.13 bits per heavy atom. The van der Waals surface area contributed by atoms with Crippen molar-refractivity contribution in [3.63, 3.8) is 0 Å². The van der Waals surface area contributed by atoms with Crippen molar-refractivity contribution in [2.75, 3.05) is 6.54 Å². The van der Waals surface area contributed by atoms with Crippen LogP contribution in [0.4, 0.5) is 13.2 Å². The lowest BCUT2D eigenvalue weighted by Gasteiger charge is -2.25. The highest BCUT2D eigenvalue weighted by atomic mass is 19.4. The number of carbonyl (C=O) groups excluding carboxylic acids is 1. The molecule has 5 heteroatoms. The first-order valence-corrected chi connectivity index (χ1v) is 5.01. The van der Waals surface area contributed by atoms with Crippen molar-refractivity contribution in [3.05, 3.63) is 0 Å². The third-order valence-corrected chi connectivity index (χ3v) is 2.47. The van der Waals surface area contributed by atoms with Crippen LogP contribution in [0.15, 0.2) is 0 Å². The summed E-state index contributed by atoms with van der Waals surface area (Å²) in [6.45, 7) is 7.82. The van der Waals surface area contributed by atoms with Gasteiger partial charge in [0.1, 0.15) is 0 Å². The average molecular weight is 225 g/mol. The lowest BCUT2D eigenvalue weighted by atomic mass is 9.85. The number of halogens is 3. The summed E-state index contributed by atoms with van der Waals surface area (Å²) < 4.78 is 35.7. The molecule has 0 aliphatic heterocycles. The van der Waals surface area contributed by atoms with Gasteiger partial charge in [-0.1, -0.05) is 27.7 Å². The van der Waals surface area contributed by atoms with Gasteiger partial charge in [-0.2, -0.15) is 13.2 Å². The monoisotopic (exact) mass is 225 g/mol. The minimum absolute atomic E-state index is 0.0660. The zero-order chi connectivity index (χ0) is 12.2. The maximum absolute atomic E-state index is 11.9. The molecule has 1 N–H and O–H groups in total. The quantitative estimate of drug-likeness (QED) is 0.782. The molecule has 0 atom stereocenters. The van der Waals surface area contributed by atoms with Gasteiger partial charge in [0.05, 0.1) is 0 Å². The molecule has 1 amide bonds. The van der Waals surface area contributed by atoms with Crippen LogP contribution in [0.5, 0.6) is 0 Å². The minimum atomic E-state index is -4.78. The largest absolute Gasteiger partial charge is 0.471 e. The lowest BCUT2D eigenvalue weighted by Crippen LogP contribution is -2.41. The Morgan fingerprint density at radius 2 is 1.53 bits per heavy atom. The molecule has 15 heavy (non-hydrogen) atoms. The van der Waals surface area contributed by atoms with Gasteiger partial charge in [-0.05, 0) is 17.8 Å². The maximum Gasteiger partial charge on any atom is 0.471 e. The Kier molecular flexibility index (Phi) is 5.11. The predicted octanol–water partition coefficient (Wildman–Crippen LogP) is 2.59. The zero-order valence-corrected chi connectivity index (χ0v) is 9.48. The summed E-state index contributed by atoms with van der Waals surface area (Å²) in [6, 6.07) is 0. The molecule has 0 bridgehead atoms. The smallest absolute Gasteiger partial charge is 0.348 e. The second-order valence-electron chi connectivity index (χ2n) is 4.36. The van der Waals surface area contributed by atoms with Crippen molar-refractivity contribution >= 4 is 5.91 Å². The highest BCUT2D eigenvalue weighted by Crippen LogP contribution is 2.20. The van der Waals surface area contributed by atoms with Crippen LogP contribution < -0.4 is 5.32 Å². The zero-order valence-electron chi connectivity index (χ0n) is 9.48. The van der Waals surface area contributed by atoms with Crippen LogP contribution in [0.2, 0.25) is 0 Å². The van der Waals surface area contributed by atoms with Crippen LogP contribution in [0, 0.1) is 17.8 Å². The molecule has 90 valence electrons. The normalized spacial score (nSPS) is 12.7. The van der Waals surface area contributed by atoms with Gasteiger partial charge < -0.3 is 5.32 Å². The van der Waals surface area contributed by atoms with Gasteiger partial charge in [-0.15, -0.1) is 0 Å². The summed E-state index contributed by atoms with van der Waals surface area (Å²) in [6.07, 6.45) is -4.78. The van der Waals surface area contributed by atoms with E-state index in [2.05, 4.69) is 0 Å². The summed E-state index contributed by atoms with van der Waals surface area (Å²) in [5, 5.41) is 1.92. The second kappa shape index (κ2) is 5.37. The topological polar surface area (TPSA) is 29.1 Å². The van der Waals surface area contributed by atoms with Gasteiger partial charge in [0, 0.05) is 6.54 Å². The Morgan fingerprint density at radius 3 is 1.80 bits per heavy atom. The van der Waals surface area contributed by atoms with Crippen molar-refractivity contribution in [2.45, 2.75) is 33.9 Å². The van der Waals surface area contributed by atoms with Crippen LogP contribution in [0.25, 0.3) is 0 Å². The first-order chi connectivity index (χ1) is 6.66. The molecule has 0 aliphatic rings. The van der Waals surface area contributed by atoms with Crippen LogP contribution in [-0.2, 0) is 4.79 Å². The Bertz CT molecular complexity index is 203. The number of amides is 1. The molecule has 2 nitrogen and oxygen atoms in total. The van der Waals surface area contributed by atoms with E-state index >= 15 is 0 Å². The van der Waals surface area contributed by atoms with Gasteiger partial charge in [0.2, 0.25) is 0 Å². The van der Waals surface area contributed by atoms with E-state index in [1.165, 1.54) is 0 Å². The van der Waals surface area contributed by atoms with E-state index in [0.29, 0.717) is 0 Å². The van der Waals surface area contributed by atoms with Crippen LogP contribution in [0.3, 0.4) is 0 Å². The molecule has 0 saturated heterocycles. The van der Waals surface area contributed by atoms with Gasteiger partial charge in [-0.3, -0.25) is 4.79 Å². The highest BCUT2D eigenvalue weighted by molar-refractivity contribution is 5.81. The first kappa shape index (κ1) is 14.3. The number of rotatable bonds is 4. The summed E-state index contributed by atoms with van der Waals surface area (Å²) in [5.74, 6) is -1.29. The van der Waals surface area contributed by atoms with E-state index in [4.69, 9.17) is 0 Å². The number of hydrogen-bond donors (Lipinski definition) is 1. The fraction of sp³-hybridized carbons (Fsp3) is 0.900. The van der Waals surface area contributed by atoms with Crippen molar-refractivity contribution < 1.29 is 18.0 Å². The highest BCUT2D eigenvalue weighted by Gasteiger charge is 2.38. The van der Waals surface area contributed by atoms with E-state index in [1.807, 2.05) is 33.0 Å². The number of nitrogens with one attached hydrogen (secondary N) is 1. The third kappa shape index (κ3) is 5.04. The van der Waals surface area contributed by atoms with E-state index in [-0.39, 0.29) is 24.3 Å². The number of alkyl halides is 3. The summed E-state index contributed by atoms with van der Waals surface area (Å²) in [5.41, 5.74) is 0. The van der Waals surface area contributed by atoms with Crippen LogP contribution in [-0.4, -0.2) is 18.6 Å². The molecular weight excluding hydrogens is 207 g/mol. The van der Waals surface area contributed by atoms with E-state index < -0.39 is 12.1 Å². The molecule has 0 aromatic rings. The lowest BCUT2D eigenvalue weighted by molar-refractivity contribution is -0.173. The standard InChI is InChI=1S/C10H18F3NO/c1-6(2)8(7(3)4)5-14-9(15)10(11,12)13/h6-8H,5H2,1-4H3,(H,14,15). The van der Waals surface area contributed by atoms with Crippen LogP contribution in [0.1, 0.15) is 27.7 Å². The summed E-state index contributed by atoms with van der Waals surface area (Å²) in [7, 11) is 0. The van der Waals surface area contributed by atoms with Gasteiger partial charge in [0.15, 0.2) is 0 Å². The van der Waals surface area contributed by atoms with Gasteiger partial charge in [0.25, 0.3) is 0 Å². The molecule has 0 aliphatic carbocycles. The molecule has 0 unspecified atom stereocenters. The maximum atomic E-state index is 11.9. The minimum Gasteiger partial charge on any atom is -0.348 e. The molecule has 0 heterocycles. The Balaban J connectivity index is 4.18. The third-order valence-electron chi connectivity index (χ3n) is 2.47. The summed E-state index contributed by atoms with van der Waals surface area (Å²) >= 11 is 0. The van der Waals surface area contributed by atoms with E-state index in [1.54, 1.807) is 0 Å². The second-order valence-corrected chi connectivity index (χ2v) is 4.36. The molecular formula is C10H18F3NO.